The van der Waals surface area contributed by atoms with E-state index in [1.807, 2.05) is 25.2 Å². The minimum atomic E-state index is -0.242. The first-order valence-electron chi connectivity index (χ1n) is 10.2. The number of aryl methyl sites for hydroxylation is 1. The zero-order chi connectivity index (χ0) is 19.8. The van der Waals surface area contributed by atoms with E-state index in [0.717, 1.165) is 36.3 Å². The van der Waals surface area contributed by atoms with Crippen molar-refractivity contribution in [3.63, 3.8) is 0 Å². The summed E-state index contributed by atoms with van der Waals surface area (Å²) in [6.45, 7) is 3.63. The zero-order valence-corrected chi connectivity index (χ0v) is 21.7. The van der Waals surface area contributed by atoms with Crippen molar-refractivity contribution in [2.75, 3.05) is 20.2 Å². The monoisotopic (exact) mass is 613 g/mol. The number of benzene rings is 2. The average molecular weight is 614 g/mol. The van der Waals surface area contributed by atoms with Crippen LogP contribution in [0.1, 0.15) is 36.5 Å². The van der Waals surface area contributed by atoms with Crippen molar-refractivity contribution in [1.82, 2.24) is 4.90 Å². The van der Waals surface area contributed by atoms with Crippen LogP contribution in [0.3, 0.4) is 0 Å². The molecule has 2 aromatic carbocycles. The summed E-state index contributed by atoms with van der Waals surface area (Å²) in [5, 5.41) is 0. The number of hydrogen-bond donors (Lipinski definition) is 1. The number of hydrogen-bond acceptors (Lipinski definition) is 3. The second kappa shape index (κ2) is 12.4. The summed E-state index contributed by atoms with van der Waals surface area (Å²) in [6.07, 6.45) is 8.51. The Labute approximate surface area is 199 Å². The topological polar surface area (TPSA) is 38.5 Å². The van der Waals surface area contributed by atoms with Gasteiger partial charge in [0.1, 0.15) is 11.9 Å². The second-order valence-electron chi connectivity index (χ2n) is 7.39. The van der Waals surface area contributed by atoms with Gasteiger partial charge in [-0.2, -0.15) is 0 Å². The zero-order valence-electron chi connectivity index (χ0n) is 17.5. The van der Waals surface area contributed by atoms with E-state index in [9.17, 15) is 0 Å². The maximum Gasteiger partial charge on any atom is 0.119 e. The molecule has 1 aliphatic heterocycles. The molecule has 1 aliphatic rings. The fourth-order valence-electron chi connectivity index (χ4n) is 3.30. The van der Waals surface area contributed by atoms with Crippen LogP contribution in [0.15, 0.2) is 66.4 Å². The molecule has 0 saturated carbocycles. The molecule has 4 heteroatoms. The van der Waals surface area contributed by atoms with Crippen molar-refractivity contribution < 1.29 is 35.9 Å². The van der Waals surface area contributed by atoms with Crippen molar-refractivity contribution >= 4 is 5.57 Å². The number of nitrogens with two attached hydrogens (primary N) is 1. The maximum absolute atomic E-state index is 6.40. The van der Waals surface area contributed by atoms with Crippen LogP contribution >= 0.6 is 0 Å². The van der Waals surface area contributed by atoms with Gasteiger partial charge in [0.15, 0.2) is 0 Å². The number of likely N-dealkylation sites (N-methyl/N-ethyl adjacent to an activating group) is 1. The summed E-state index contributed by atoms with van der Waals surface area (Å²) in [6, 6.07) is 20.2. The number of nitrogens with zero attached hydrogens (tertiary/aromatic N) is 1. The summed E-state index contributed by atoms with van der Waals surface area (Å²) >= 11 is 0. The second-order valence-corrected chi connectivity index (χ2v) is 7.39. The van der Waals surface area contributed by atoms with Gasteiger partial charge in [-0.25, -0.2) is 0 Å². The normalized spacial score (nSPS) is 17.0. The van der Waals surface area contributed by atoms with Gasteiger partial charge in [-0.05, 0) is 31.0 Å². The Kier molecular flexibility index (Phi) is 10.2. The van der Waals surface area contributed by atoms with Crippen LogP contribution in [0.25, 0.3) is 5.57 Å². The van der Waals surface area contributed by atoms with Crippen LogP contribution < -0.4 is 5.73 Å². The van der Waals surface area contributed by atoms with Gasteiger partial charge < -0.3 is 10.5 Å². The summed E-state index contributed by atoms with van der Waals surface area (Å²) < 4.78 is 6.14. The number of ether oxygens (including phenoxy) is 1. The van der Waals surface area contributed by atoms with Gasteiger partial charge in [-0.3, -0.25) is 4.90 Å². The van der Waals surface area contributed by atoms with Crippen molar-refractivity contribution in [3.05, 3.63) is 89.2 Å². The van der Waals surface area contributed by atoms with E-state index < -0.39 is 0 Å². The molecule has 1 heterocycles. The van der Waals surface area contributed by atoms with Crippen molar-refractivity contribution in [2.24, 2.45) is 5.73 Å². The maximum atomic E-state index is 6.40. The van der Waals surface area contributed by atoms with Gasteiger partial charge in [0, 0.05) is 44.1 Å². The van der Waals surface area contributed by atoms with Gasteiger partial charge in [0.2, 0.25) is 0 Å². The van der Waals surface area contributed by atoms with E-state index in [1.54, 1.807) is 0 Å². The smallest absolute Gasteiger partial charge is 0.119 e. The molecule has 0 aromatic heterocycles. The molecule has 0 bridgehead atoms. The molecule has 0 aliphatic carbocycles. The third-order valence-corrected chi connectivity index (χ3v) is 5.18. The van der Waals surface area contributed by atoms with E-state index in [2.05, 4.69) is 60.4 Å². The Morgan fingerprint density at radius 3 is 2.48 bits per heavy atom. The molecule has 3 rings (SSSR count). The predicted octanol–water partition coefficient (Wildman–Crippen LogP) is 4.59. The van der Waals surface area contributed by atoms with Crippen molar-refractivity contribution in [1.29, 1.82) is 0 Å². The van der Waals surface area contributed by atoms with E-state index in [-0.39, 0.29) is 37.3 Å². The quantitative estimate of drug-likeness (QED) is 0.443. The molecule has 0 saturated heterocycles. The summed E-state index contributed by atoms with van der Waals surface area (Å²) in [7, 11) is 2.02. The molecule has 0 spiro atoms. The van der Waals surface area contributed by atoms with E-state index in [4.69, 9.17) is 10.5 Å². The average Bonchev–Trinajstić information content (AvgIpc) is 2.87. The fourth-order valence-corrected chi connectivity index (χ4v) is 3.30. The molecular weight excluding hydrogens is 582 g/mol. The van der Waals surface area contributed by atoms with Crippen LogP contribution in [-0.4, -0.2) is 31.3 Å². The first-order chi connectivity index (χ1) is 13.7. The van der Waals surface area contributed by atoms with Crippen LogP contribution in [-0.2, 0) is 17.6 Å². The first kappa shape index (κ1) is 24.0. The molecule has 2 N–H and O–H groups in total. The van der Waals surface area contributed by atoms with Crippen LogP contribution in [0.4, 0.5) is 0 Å². The SMILES string of the molecule is CCCCc1ccc(CCOC2=CC(c3[c-]cccc3)=CCN(C)C2N)cc1.[U]. The summed E-state index contributed by atoms with van der Waals surface area (Å²) in [4.78, 5) is 2.09. The molecule has 1 unspecified atom stereocenters. The van der Waals surface area contributed by atoms with Gasteiger partial charge in [0.05, 0.1) is 6.61 Å². The molecule has 152 valence electrons. The van der Waals surface area contributed by atoms with Crippen LogP contribution in [0, 0.1) is 37.2 Å². The van der Waals surface area contributed by atoms with Crippen molar-refractivity contribution in [3.8, 4) is 0 Å². The Bertz CT molecular complexity index is 799. The Balaban J connectivity index is 0.00000300. The first-order valence-corrected chi connectivity index (χ1v) is 10.2. The Morgan fingerprint density at radius 1 is 1.10 bits per heavy atom. The molecular formula is C25H31N2OU-. The van der Waals surface area contributed by atoms with Gasteiger partial charge in [0.25, 0.3) is 0 Å². The Hall–Kier alpha value is -1.31. The van der Waals surface area contributed by atoms with E-state index in [0.29, 0.717) is 6.61 Å². The van der Waals surface area contributed by atoms with Crippen LogP contribution in [0.5, 0.6) is 0 Å². The Morgan fingerprint density at radius 2 is 1.83 bits per heavy atom. The van der Waals surface area contributed by atoms with Crippen LogP contribution in [0.2, 0.25) is 0 Å². The van der Waals surface area contributed by atoms with Gasteiger partial charge in [-0.1, -0.05) is 49.3 Å². The molecule has 2 aromatic rings. The molecule has 0 radical (unpaired) electrons. The number of rotatable bonds is 8. The minimum Gasteiger partial charge on any atom is -0.495 e. The minimum absolute atomic E-state index is 0. The predicted molar refractivity (Wildman–Crippen MR) is 117 cm³/mol. The summed E-state index contributed by atoms with van der Waals surface area (Å²) in [5.74, 6) is 0.808. The molecule has 0 fully saturated rings. The van der Waals surface area contributed by atoms with Crippen molar-refractivity contribution in [2.45, 2.75) is 38.8 Å². The van der Waals surface area contributed by atoms with Gasteiger partial charge in [-0.15, -0.1) is 42.0 Å². The standard InChI is InChI=1S/C25H31N2O.U/c1-3-4-8-20-11-13-21(14-12-20)16-18-28-24-19-23(15-17-27(2)25(24)26)22-9-6-5-7-10-22;/h5-7,9,11-15,19,25H,3-4,8,16-18,26H2,1-2H3;/q-1;. The summed E-state index contributed by atoms with van der Waals surface area (Å²) in [5.41, 5.74) is 11.3. The molecule has 29 heavy (non-hydrogen) atoms. The van der Waals surface area contributed by atoms with E-state index >= 15 is 0 Å². The number of allylic oxidation sites excluding steroid dienone is 2. The largest absolute Gasteiger partial charge is 0.495 e. The third-order valence-electron chi connectivity index (χ3n) is 5.18. The molecule has 0 amide bonds. The molecule has 1 atom stereocenters. The molecule has 3 nitrogen and oxygen atoms in total. The third kappa shape index (κ3) is 7.15. The number of unbranched alkanes of at least 4 members (excludes halogenated alkanes) is 1. The fraction of sp³-hybridized carbons (Fsp3) is 0.360. The van der Waals surface area contributed by atoms with E-state index in [1.165, 1.54) is 24.0 Å². The van der Waals surface area contributed by atoms with Gasteiger partial charge >= 0.3 is 0 Å².